The fourth-order valence-electron chi connectivity index (χ4n) is 4.44. The molecule has 0 radical (unpaired) electrons. The van der Waals surface area contributed by atoms with Gasteiger partial charge in [-0.3, -0.25) is 4.79 Å². The number of carbonyl (C=O) groups is 1. The third-order valence-electron chi connectivity index (χ3n) is 5.98. The summed E-state index contributed by atoms with van der Waals surface area (Å²) in [7, 11) is 3.71. The smallest absolute Gasteiger partial charge is 0.343 e. The number of esters is 1. The van der Waals surface area contributed by atoms with Gasteiger partial charge >= 0.3 is 5.97 Å². The minimum Gasteiger partial charge on any atom is -0.492 e. The Bertz CT molecular complexity index is 1040. The molecule has 1 aliphatic heterocycles. The van der Waals surface area contributed by atoms with Crippen LogP contribution in [-0.4, -0.2) is 55.5 Å². The molecule has 2 heterocycles. The topological polar surface area (TPSA) is 70.0 Å². The number of pyridine rings is 1. The molecule has 0 aromatic carbocycles. The van der Waals surface area contributed by atoms with Crippen LogP contribution in [0.15, 0.2) is 46.6 Å². The first-order valence-electron chi connectivity index (χ1n) is 11.5. The fourth-order valence-corrected chi connectivity index (χ4v) is 4.44. The lowest BCUT2D eigenvalue weighted by molar-refractivity contribution is 0.0462. The van der Waals surface area contributed by atoms with Crippen molar-refractivity contribution in [1.29, 1.82) is 0 Å². The van der Waals surface area contributed by atoms with Crippen LogP contribution in [0, 0.1) is 5.41 Å². The molecule has 2 aliphatic rings. The molecular weight excluding hydrogens is 420 g/mol. The van der Waals surface area contributed by atoms with E-state index in [2.05, 4.69) is 43.4 Å². The van der Waals surface area contributed by atoms with Crippen LogP contribution in [0.4, 0.5) is 0 Å². The van der Waals surface area contributed by atoms with Gasteiger partial charge in [0.05, 0.1) is 30.6 Å². The zero-order valence-corrected chi connectivity index (χ0v) is 20.8. The number of fused-ring (bicyclic) bond motifs is 1. The third kappa shape index (κ3) is 5.41. The molecule has 0 amide bonds. The van der Waals surface area contributed by atoms with Gasteiger partial charge in [-0.15, -0.1) is 0 Å². The number of methoxy groups -OCH3 is 1. The van der Waals surface area contributed by atoms with E-state index in [-0.39, 0.29) is 35.2 Å². The third-order valence-corrected chi connectivity index (χ3v) is 5.98. The number of aromatic nitrogens is 1. The Kier molecular flexibility index (Phi) is 7.52. The van der Waals surface area contributed by atoms with Crippen LogP contribution >= 0.6 is 0 Å². The van der Waals surface area contributed by atoms with Crippen LogP contribution in [0.5, 0.6) is 0 Å². The summed E-state index contributed by atoms with van der Waals surface area (Å²) in [6, 6.07) is 1.64. The summed E-state index contributed by atoms with van der Waals surface area (Å²) in [4.78, 5) is 27.6. The average Bonchev–Trinajstić information content (AvgIpc) is 2.72. The average molecular weight is 457 g/mol. The van der Waals surface area contributed by atoms with Gasteiger partial charge in [-0.2, -0.15) is 0 Å². The van der Waals surface area contributed by atoms with Gasteiger partial charge in [0.1, 0.15) is 17.4 Å². The first kappa shape index (κ1) is 24.8. The Morgan fingerprint density at radius 3 is 2.67 bits per heavy atom. The maximum Gasteiger partial charge on any atom is 0.343 e. The normalized spacial score (nSPS) is 21.4. The molecule has 33 heavy (non-hydrogen) atoms. The van der Waals surface area contributed by atoms with Crippen molar-refractivity contribution in [2.45, 2.75) is 53.2 Å². The van der Waals surface area contributed by atoms with Crippen LogP contribution in [0.3, 0.4) is 0 Å². The maximum absolute atomic E-state index is 13.0. The highest BCUT2D eigenvalue weighted by Crippen LogP contribution is 2.41. The van der Waals surface area contributed by atoms with E-state index in [9.17, 15) is 9.59 Å². The largest absolute Gasteiger partial charge is 0.492 e. The SMILES string of the molecule is CCOC(=O)c1cn2c(cc1=O)/C(=C1\C=CC=C(OC(C)COC)C1)N(C)CC2C(C)(C)C. The van der Waals surface area contributed by atoms with E-state index in [0.29, 0.717) is 13.0 Å². The summed E-state index contributed by atoms with van der Waals surface area (Å²) < 4.78 is 18.5. The van der Waals surface area contributed by atoms with Crippen LogP contribution in [0.1, 0.15) is 63.1 Å². The lowest BCUT2D eigenvalue weighted by atomic mass is 9.83. The van der Waals surface area contributed by atoms with Crippen molar-refractivity contribution in [2.24, 2.45) is 5.41 Å². The van der Waals surface area contributed by atoms with Crippen molar-refractivity contribution in [3.63, 3.8) is 0 Å². The minimum absolute atomic E-state index is 0.0598. The molecule has 0 spiro atoms. The van der Waals surface area contributed by atoms with E-state index < -0.39 is 5.97 Å². The van der Waals surface area contributed by atoms with E-state index in [4.69, 9.17) is 14.2 Å². The number of likely N-dealkylation sites (N-methyl/N-ethyl adjacent to an activating group) is 1. The lowest BCUT2D eigenvalue weighted by Gasteiger charge is -2.44. The van der Waals surface area contributed by atoms with Crippen molar-refractivity contribution < 1.29 is 19.0 Å². The van der Waals surface area contributed by atoms with Crippen LogP contribution in [0.25, 0.3) is 5.70 Å². The highest BCUT2D eigenvalue weighted by molar-refractivity contribution is 5.89. The second-order valence-electron chi connectivity index (χ2n) is 9.75. The molecule has 1 aromatic rings. The molecule has 2 atom stereocenters. The fraction of sp³-hybridized carbons (Fsp3) is 0.538. The first-order chi connectivity index (χ1) is 15.6. The molecule has 1 aliphatic carbocycles. The van der Waals surface area contributed by atoms with Gasteiger partial charge in [0.25, 0.3) is 0 Å². The van der Waals surface area contributed by atoms with E-state index >= 15 is 0 Å². The predicted molar refractivity (Wildman–Crippen MR) is 129 cm³/mol. The van der Waals surface area contributed by atoms with E-state index in [0.717, 1.165) is 29.3 Å². The minimum atomic E-state index is -0.582. The van der Waals surface area contributed by atoms with Crippen molar-refractivity contribution in [3.8, 4) is 0 Å². The Labute approximate surface area is 196 Å². The van der Waals surface area contributed by atoms with E-state index in [1.807, 2.05) is 19.1 Å². The van der Waals surface area contributed by atoms with E-state index in [1.165, 1.54) is 0 Å². The number of nitrogens with zero attached hydrogens (tertiary/aromatic N) is 2. The quantitative estimate of drug-likeness (QED) is 0.599. The van der Waals surface area contributed by atoms with Gasteiger partial charge in [0.15, 0.2) is 5.43 Å². The Morgan fingerprint density at radius 1 is 1.30 bits per heavy atom. The molecule has 180 valence electrons. The second-order valence-corrected chi connectivity index (χ2v) is 9.75. The van der Waals surface area contributed by atoms with Crippen molar-refractivity contribution in [2.75, 3.05) is 33.9 Å². The molecule has 0 saturated heterocycles. The molecule has 0 saturated carbocycles. The van der Waals surface area contributed by atoms with Crippen molar-refractivity contribution >= 4 is 11.7 Å². The van der Waals surface area contributed by atoms with Gasteiger partial charge in [-0.1, -0.05) is 32.9 Å². The predicted octanol–water partition coefficient (Wildman–Crippen LogP) is 4.16. The van der Waals surface area contributed by atoms with Gasteiger partial charge < -0.3 is 23.7 Å². The zero-order valence-electron chi connectivity index (χ0n) is 20.8. The van der Waals surface area contributed by atoms with Crippen LogP contribution < -0.4 is 5.43 Å². The zero-order chi connectivity index (χ0) is 24.3. The van der Waals surface area contributed by atoms with Crippen molar-refractivity contribution in [1.82, 2.24) is 9.47 Å². The Balaban J connectivity index is 2.11. The number of hydrogen-bond acceptors (Lipinski definition) is 6. The van der Waals surface area contributed by atoms with Crippen LogP contribution in [0.2, 0.25) is 0 Å². The standard InChI is InChI=1S/C26H36N2O5/c1-8-32-25(30)20-14-28-21(13-22(20)29)24(27(6)15-23(28)26(3,4)5)18-10-9-11-19(12-18)33-17(2)16-31-7/h9-11,13-14,17,23H,8,12,15-16H2,1-7H3/b24-18-. The number of allylic oxidation sites excluding steroid dienone is 4. The second kappa shape index (κ2) is 10.00. The van der Waals surface area contributed by atoms with Gasteiger partial charge in [0.2, 0.25) is 0 Å². The molecule has 1 aromatic heterocycles. The molecule has 0 fully saturated rings. The Hall–Kier alpha value is -2.80. The summed E-state index contributed by atoms with van der Waals surface area (Å²) >= 11 is 0. The lowest BCUT2D eigenvalue weighted by Crippen LogP contribution is -2.42. The summed E-state index contributed by atoms with van der Waals surface area (Å²) in [5.74, 6) is 0.273. The highest BCUT2D eigenvalue weighted by atomic mass is 16.5. The number of ether oxygens (including phenoxy) is 3. The number of hydrogen-bond donors (Lipinski definition) is 0. The highest BCUT2D eigenvalue weighted by Gasteiger charge is 2.36. The summed E-state index contributed by atoms with van der Waals surface area (Å²) in [5, 5.41) is 0. The molecular formula is C26H36N2O5. The van der Waals surface area contributed by atoms with Crippen molar-refractivity contribution in [3.05, 3.63) is 63.3 Å². The van der Waals surface area contributed by atoms with Crippen LogP contribution in [-0.2, 0) is 14.2 Å². The van der Waals surface area contributed by atoms with E-state index in [1.54, 1.807) is 26.3 Å². The summed E-state index contributed by atoms with van der Waals surface area (Å²) in [6.45, 7) is 11.7. The summed E-state index contributed by atoms with van der Waals surface area (Å²) in [6.07, 6.45) is 8.23. The molecule has 7 nitrogen and oxygen atoms in total. The number of carbonyl (C=O) groups excluding carboxylic acids is 1. The monoisotopic (exact) mass is 456 g/mol. The summed E-state index contributed by atoms with van der Waals surface area (Å²) in [5.41, 5.74) is 2.47. The first-order valence-corrected chi connectivity index (χ1v) is 11.5. The molecule has 0 N–H and O–H groups in total. The Morgan fingerprint density at radius 2 is 2.03 bits per heavy atom. The maximum atomic E-state index is 13.0. The molecule has 0 bridgehead atoms. The van der Waals surface area contributed by atoms with Gasteiger partial charge in [-0.25, -0.2) is 4.79 Å². The number of rotatable bonds is 6. The molecule has 2 unspecified atom stereocenters. The molecule has 7 heteroatoms. The van der Waals surface area contributed by atoms with Gasteiger partial charge in [0, 0.05) is 39.4 Å². The van der Waals surface area contributed by atoms with Gasteiger partial charge in [-0.05, 0) is 30.9 Å². The molecule has 3 rings (SSSR count).